The van der Waals surface area contributed by atoms with E-state index in [1.54, 1.807) is 18.9 Å². The molecular formula is C16H24N2O3. The third-order valence-corrected chi connectivity index (χ3v) is 3.56. The van der Waals surface area contributed by atoms with Crippen LogP contribution < -0.4 is 5.73 Å². The zero-order chi connectivity index (χ0) is 16.0. The third kappa shape index (κ3) is 5.10. The Balaban J connectivity index is 2.55. The molecule has 2 atom stereocenters. The van der Waals surface area contributed by atoms with Gasteiger partial charge in [-0.05, 0) is 23.6 Å². The van der Waals surface area contributed by atoms with Crippen molar-refractivity contribution in [3.05, 3.63) is 29.8 Å². The van der Waals surface area contributed by atoms with Crippen LogP contribution in [0.5, 0.6) is 0 Å². The fourth-order valence-corrected chi connectivity index (χ4v) is 2.15. The summed E-state index contributed by atoms with van der Waals surface area (Å²) in [5.74, 6) is -0.513. The van der Waals surface area contributed by atoms with Gasteiger partial charge < -0.3 is 15.4 Å². The van der Waals surface area contributed by atoms with Crippen molar-refractivity contribution in [3.8, 4) is 0 Å². The summed E-state index contributed by atoms with van der Waals surface area (Å²) in [4.78, 5) is 25.1. The SMILES string of the molecule is COC(=O)C(C)CN(C)C(=O)CC(C)c1ccc(N)cc1. The summed E-state index contributed by atoms with van der Waals surface area (Å²) >= 11 is 0. The summed E-state index contributed by atoms with van der Waals surface area (Å²) < 4.78 is 4.67. The van der Waals surface area contributed by atoms with E-state index in [9.17, 15) is 9.59 Å². The van der Waals surface area contributed by atoms with Crippen molar-refractivity contribution in [2.24, 2.45) is 5.92 Å². The minimum absolute atomic E-state index is 0.00933. The number of carbonyl (C=O) groups is 2. The standard InChI is InChI=1S/C16H24N2O3/c1-11(13-5-7-14(17)8-6-13)9-15(19)18(3)10-12(2)16(20)21-4/h5-8,11-12H,9-10,17H2,1-4H3. The molecular weight excluding hydrogens is 268 g/mol. The lowest BCUT2D eigenvalue weighted by atomic mass is 9.97. The molecule has 21 heavy (non-hydrogen) atoms. The average Bonchev–Trinajstić information content (AvgIpc) is 2.46. The Morgan fingerprint density at radius 2 is 1.81 bits per heavy atom. The van der Waals surface area contributed by atoms with Gasteiger partial charge in [0.25, 0.3) is 0 Å². The van der Waals surface area contributed by atoms with E-state index in [2.05, 4.69) is 4.74 Å². The summed E-state index contributed by atoms with van der Waals surface area (Å²) in [5, 5.41) is 0. The maximum Gasteiger partial charge on any atom is 0.310 e. The summed E-state index contributed by atoms with van der Waals surface area (Å²) in [7, 11) is 3.06. The minimum atomic E-state index is -0.323. The van der Waals surface area contributed by atoms with Crippen LogP contribution in [0.3, 0.4) is 0 Å². The molecule has 5 heteroatoms. The number of carbonyl (C=O) groups excluding carboxylic acids is 2. The maximum absolute atomic E-state index is 12.2. The summed E-state index contributed by atoms with van der Waals surface area (Å²) in [6.07, 6.45) is 0.397. The maximum atomic E-state index is 12.2. The highest BCUT2D eigenvalue weighted by molar-refractivity contribution is 5.78. The van der Waals surface area contributed by atoms with Crippen molar-refractivity contribution in [1.29, 1.82) is 0 Å². The molecule has 5 nitrogen and oxygen atoms in total. The Morgan fingerprint density at radius 3 is 2.33 bits per heavy atom. The van der Waals surface area contributed by atoms with Crippen LogP contribution in [-0.4, -0.2) is 37.5 Å². The first kappa shape index (κ1) is 17.0. The molecule has 1 aromatic rings. The van der Waals surface area contributed by atoms with Gasteiger partial charge in [0.05, 0.1) is 13.0 Å². The molecule has 0 heterocycles. The van der Waals surface area contributed by atoms with E-state index in [1.807, 2.05) is 31.2 Å². The average molecular weight is 292 g/mol. The van der Waals surface area contributed by atoms with Crippen molar-refractivity contribution in [2.45, 2.75) is 26.2 Å². The van der Waals surface area contributed by atoms with Gasteiger partial charge in [0, 0.05) is 25.7 Å². The van der Waals surface area contributed by atoms with Gasteiger partial charge in [0.2, 0.25) is 5.91 Å². The van der Waals surface area contributed by atoms with E-state index >= 15 is 0 Å². The van der Waals surface area contributed by atoms with Crippen molar-refractivity contribution in [3.63, 3.8) is 0 Å². The van der Waals surface area contributed by atoms with Crippen LogP contribution in [0.2, 0.25) is 0 Å². The number of amides is 1. The number of nitrogens with zero attached hydrogens (tertiary/aromatic N) is 1. The lowest BCUT2D eigenvalue weighted by Crippen LogP contribution is -2.34. The van der Waals surface area contributed by atoms with Crippen LogP contribution >= 0.6 is 0 Å². The zero-order valence-corrected chi connectivity index (χ0v) is 13.1. The van der Waals surface area contributed by atoms with E-state index in [1.165, 1.54) is 7.11 Å². The number of nitrogens with two attached hydrogens (primary N) is 1. The topological polar surface area (TPSA) is 72.6 Å². The van der Waals surface area contributed by atoms with Crippen LogP contribution in [-0.2, 0) is 14.3 Å². The van der Waals surface area contributed by atoms with Crippen molar-refractivity contribution >= 4 is 17.6 Å². The minimum Gasteiger partial charge on any atom is -0.469 e. The predicted octanol–water partition coefficient (Wildman–Crippen LogP) is 2.03. The highest BCUT2D eigenvalue weighted by Gasteiger charge is 2.20. The summed E-state index contributed by atoms with van der Waals surface area (Å²) in [6, 6.07) is 7.54. The lowest BCUT2D eigenvalue weighted by molar-refractivity contribution is -0.146. The molecule has 0 saturated heterocycles. The van der Waals surface area contributed by atoms with E-state index in [0.717, 1.165) is 5.56 Å². The van der Waals surface area contributed by atoms with Gasteiger partial charge in [0.15, 0.2) is 0 Å². The molecule has 0 spiro atoms. The number of hydrogen-bond donors (Lipinski definition) is 1. The molecule has 0 aliphatic carbocycles. The molecule has 0 fully saturated rings. The first-order chi connectivity index (χ1) is 9.85. The number of esters is 1. The molecule has 1 rings (SSSR count). The quantitative estimate of drug-likeness (QED) is 0.643. The van der Waals surface area contributed by atoms with Crippen molar-refractivity contribution in [1.82, 2.24) is 4.90 Å². The molecule has 116 valence electrons. The van der Waals surface area contributed by atoms with Gasteiger partial charge in [0.1, 0.15) is 0 Å². The Kier molecular flexibility index (Phi) is 6.21. The predicted molar refractivity (Wildman–Crippen MR) is 82.7 cm³/mol. The van der Waals surface area contributed by atoms with Crippen LogP contribution in [0.4, 0.5) is 5.69 Å². The number of ether oxygens (including phenoxy) is 1. The number of anilines is 1. The van der Waals surface area contributed by atoms with Gasteiger partial charge in [-0.3, -0.25) is 9.59 Å². The van der Waals surface area contributed by atoms with Gasteiger partial charge in [-0.2, -0.15) is 0 Å². The number of nitrogen functional groups attached to an aromatic ring is 1. The first-order valence-corrected chi connectivity index (χ1v) is 7.02. The molecule has 0 bridgehead atoms. The summed E-state index contributed by atoms with van der Waals surface area (Å²) in [5.41, 5.74) is 7.44. The van der Waals surface area contributed by atoms with Gasteiger partial charge in [-0.15, -0.1) is 0 Å². The molecule has 0 aliphatic rings. The highest BCUT2D eigenvalue weighted by atomic mass is 16.5. The van der Waals surface area contributed by atoms with E-state index in [4.69, 9.17) is 5.73 Å². The highest BCUT2D eigenvalue weighted by Crippen LogP contribution is 2.21. The second-order valence-electron chi connectivity index (χ2n) is 5.47. The first-order valence-electron chi connectivity index (χ1n) is 7.02. The van der Waals surface area contributed by atoms with Crippen LogP contribution in [0, 0.1) is 5.92 Å². The molecule has 0 radical (unpaired) electrons. The Labute approximate surface area is 126 Å². The van der Waals surface area contributed by atoms with E-state index in [0.29, 0.717) is 18.7 Å². The molecule has 0 saturated carbocycles. The van der Waals surface area contributed by atoms with E-state index in [-0.39, 0.29) is 23.7 Å². The van der Waals surface area contributed by atoms with E-state index < -0.39 is 0 Å². The lowest BCUT2D eigenvalue weighted by Gasteiger charge is -2.22. The molecule has 0 aliphatic heterocycles. The van der Waals surface area contributed by atoms with Crippen molar-refractivity contribution < 1.29 is 14.3 Å². The third-order valence-electron chi connectivity index (χ3n) is 3.56. The normalized spacial score (nSPS) is 13.3. The van der Waals surface area contributed by atoms with Gasteiger partial charge in [-0.1, -0.05) is 26.0 Å². The number of benzene rings is 1. The summed E-state index contributed by atoms with van der Waals surface area (Å²) in [6.45, 7) is 4.11. The second-order valence-corrected chi connectivity index (χ2v) is 5.47. The molecule has 2 unspecified atom stereocenters. The second kappa shape index (κ2) is 7.67. The smallest absolute Gasteiger partial charge is 0.310 e. The van der Waals surface area contributed by atoms with Crippen LogP contribution in [0.1, 0.15) is 31.7 Å². The molecule has 2 N–H and O–H groups in total. The van der Waals surface area contributed by atoms with Gasteiger partial charge in [-0.25, -0.2) is 0 Å². The van der Waals surface area contributed by atoms with Crippen LogP contribution in [0.15, 0.2) is 24.3 Å². The molecule has 1 aromatic carbocycles. The Bertz CT molecular complexity index is 485. The number of rotatable bonds is 6. The number of hydrogen-bond acceptors (Lipinski definition) is 4. The molecule has 0 aromatic heterocycles. The van der Waals surface area contributed by atoms with Gasteiger partial charge >= 0.3 is 5.97 Å². The van der Waals surface area contributed by atoms with Crippen molar-refractivity contribution in [2.75, 3.05) is 26.4 Å². The largest absolute Gasteiger partial charge is 0.469 e. The fourth-order valence-electron chi connectivity index (χ4n) is 2.15. The van der Waals surface area contributed by atoms with Crippen LogP contribution in [0.25, 0.3) is 0 Å². The Morgan fingerprint density at radius 1 is 1.24 bits per heavy atom. The zero-order valence-electron chi connectivity index (χ0n) is 13.1. The molecule has 1 amide bonds. The number of methoxy groups -OCH3 is 1. The monoisotopic (exact) mass is 292 g/mol. The fraction of sp³-hybridized carbons (Fsp3) is 0.500. The Hall–Kier alpha value is -2.04.